The van der Waals surface area contributed by atoms with Gasteiger partial charge in [0, 0.05) is 6.54 Å². The van der Waals surface area contributed by atoms with Gasteiger partial charge in [0.25, 0.3) is 0 Å². The molecule has 1 N–H and O–H groups in total. The van der Waals surface area contributed by atoms with Crippen molar-refractivity contribution < 1.29 is 4.42 Å². The summed E-state index contributed by atoms with van der Waals surface area (Å²) in [6, 6.07) is 4.29. The highest BCUT2D eigenvalue weighted by molar-refractivity contribution is 7.20. The third-order valence-corrected chi connectivity index (χ3v) is 5.19. The van der Waals surface area contributed by atoms with Crippen molar-refractivity contribution in [3.63, 3.8) is 0 Å². The number of rotatable bonds is 5. The number of nitrogens with one attached hydrogen (secondary N) is 1. The van der Waals surface area contributed by atoms with Crippen molar-refractivity contribution in [2.75, 3.05) is 25.0 Å². The zero-order valence-electron chi connectivity index (χ0n) is 13.2. The van der Waals surface area contributed by atoms with E-state index in [1.54, 1.807) is 17.6 Å². The van der Waals surface area contributed by atoms with Gasteiger partial charge in [-0.25, -0.2) is 9.50 Å². The van der Waals surface area contributed by atoms with Gasteiger partial charge < -0.3 is 9.73 Å². The number of nitrogens with zero attached hydrogens (tertiary/aromatic N) is 4. The number of likely N-dealkylation sites (tertiary alicyclic amines) is 1. The summed E-state index contributed by atoms with van der Waals surface area (Å²) in [5, 5.41) is 8.92. The number of hydrogen-bond donors (Lipinski definition) is 1. The summed E-state index contributed by atoms with van der Waals surface area (Å²) in [4.78, 5) is 7.89. The van der Waals surface area contributed by atoms with Gasteiger partial charge in [-0.15, -0.1) is 5.10 Å². The van der Waals surface area contributed by atoms with Crippen LogP contribution < -0.4 is 5.32 Å². The normalized spacial score (nSPS) is 17.6. The standard InChI is InChI=1S/C16H21N5OS/c1-12-11-21-16(18-12)23-15(19-21)17-10-13(14-6-5-9-22-14)20-7-3-2-4-8-20/h5-6,9,11,13H,2-4,7-8,10H2,1H3,(H,17,19). The highest BCUT2D eigenvalue weighted by Crippen LogP contribution is 2.26. The average Bonchev–Trinajstić information content (AvgIpc) is 3.25. The van der Waals surface area contributed by atoms with E-state index in [0.29, 0.717) is 0 Å². The van der Waals surface area contributed by atoms with E-state index in [2.05, 4.69) is 26.4 Å². The van der Waals surface area contributed by atoms with Crippen LogP contribution in [0.1, 0.15) is 36.8 Å². The topological polar surface area (TPSA) is 58.6 Å². The van der Waals surface area contributed by atoms with Gasteiger partial charge in [0.1, 0.15) is 5.76 Å². The molecule has 1 unspecified atom stereocenters. The summed E-state index contributed by atoms with van der Waals surface area (Å²) in [6.45, 7) is 5.04. The second kappa shape index (κ2) is 6.33. The van der Waals surface area contributed by atoms with Crippen LogP contribution in [0.3, 0.4) is 0 Å². The molecule has 1 atom stereocenters. The molecule has 0 spiro atoms. The number of aryl methyl sites for hydroxylation is 1. The zero-order chi connectivity index (χ0) is 15.6. The molecule has 0 radical (unpaired) electrons. The van der Waals surface area contributed by atoms with E-state index in [0.717, 1.165) is 41.2 Å². The van der Waals surface area contributed by atoms with Gasteiger partial charge in [-0.3, -0.25) is 4.90 Å². The number of furan rings is 1. The smallest absolute Gasteiger partial charge is 0.214 e. The first kappa shape index (κ1) is 14.7. The molecule has 4 heterocycles. The molecule has 1 aliphatic rings. The molecule has 7 heteroatoms. The van der Waals surface area contributed by atoms with Gasteiger partial charge in [0.05, 0.1) is 24.2 Å². The Labute approximate surface area is 139 Å². The summed E-state index contributed by atoms with van der Waals surface area (Å²) in [5.41, 5.74) is 0.997. The highest BCUT2D eigenvalue weighted by atomic mass is 32.1. The maximum Gasteiger partial charge on any atom is 0.214 e. The van der Waals surface area contributed by atoms with Gasteiger partial charge in [-0.05, 0) is 45.0 Å². The molecule has 6 nitrogen and oxygen atoms in total. The van der Waals surface area contributed by atoms with Crippen molar-refractivity contribution in [1.29, 1.82) is 0 Å². The van der Waals surface area contributed by atoms with Crippen LogP contribution in [0.15, 0.2) is 29.0 Å². The zero-order valence-corrected chi connectivity index (χ0v) is 14.1. The van der Waals surface area contributed by atoms with Crippen molar-refractivity contribution in [3.8, 4) is 0 Å². The predicted molar refractivity (Wildman–Crippen MR) is 91.0 cm³/mol. The summed E-state index contributed by atoms with van der Waals surface area (Å²) in [6.07, 6.45) is 7.57. The maximum atomic E-state index is 5.68. The van der Waals surface area contributed by atoms with Gasteiger partial charge in [-0.2, -0.15) is 0 Å². The molecule has 3 aromatic rings. The first-order chi connectivity index (χ1) is 11.3. The van der Waals surface area contributed by atoms with Crippen LogP contribution in [0.2, 0.25) is 0 Å². The van der Waals surface area contributed by atoms with E-state index in [1.165, 1.54) is 19.3 Å². The Kier molecular flexibility index (Phi) is 4.05. The Bertz CT molecular complexity index is 725. The van der Waals surface area contributed by atoms with E-state index in [-0.39, 0.29) is 6.04 Å². The minimum absolute atomic E-state index is 0.253. The molecule has 23 heavy (non-hydrogen) atoms. The molecular formula is C16H21N5OS. The van der Waals surface area contributed by atoms with Crippen molar-refractivity contribution in [2.45, 2.75) is 32.2 Å². The van der Waals surface area contributed by atoms with Crippen LogP contribution in [0, 0.1) is 6.92 Å². The Morgan fingerprint density at radius 1 is 1.35 bits per heavy atom. The molecule has 0 amide bonds. The number of imidazole rings is 1. The van der Waals surface area contributed by atoms with Gasteiger partial charge in [0.15, 0.2) is 0 Å². The van der Waals surface area contributed by atoms with E-state index in [1.807, 2.05) is 23.7 Å². The average molecular weight is 331 g/mol. The fraction of sp³-hybridized carbons (Fsp3) is 0.500. The lowest BCUT2D eigenvalue weighted by molar-refractivity contribution is 0.153. The quantitative estimate of drug-likeness (QED) is 0.777. The van der Waals surface area contributed by atoms with Crippen LogP contribution >= 0.6 is 11.3 Å². The van der Waals surface area contributed by atoms with Crippen LogP contribution in [0.5, 0.6) is 0 Å². The lowest BCUT2D eigenvalue weighted by Crippen LogP contribution is -2.37. The van der Waals surface area contributed by atoms with Crippen molar-refractivity contribution in [1.82, 2.24) is 19.5 Å². The maximum absolute atomic E-state index is 5.68. The van der Waals surface area contributed by atoms with E-state index >= 15 is 0 Å². The monoisotopic (exact) mass is 331 g/mol. The first-order valence-corrected chi connectivity index (χ1v) is 8.95. The summed E-state index contributed by atoms with van der Waals surface area (Å²) < 4.78 is 7.52. The SMILES string of the molecule is Cc1cn2nc(NCC(c3ccco3)N3CCCCC3)sc2n1. The Morgan fingerprint density at radius 3 is 2.96 bits per heavy atom. The second-order valence-corrected chi connectivity index (χ2v) is 6.98. The fourth-order valence-electron chi connectivity index (χ4n) is 3.19. The molecule has 0 aliphatic carbocycles. The molecule has 3 aromatic heterocycles. The van der Waals surface area contributed by atoms with Crippen molar-refractivity contribution in [3.05, 3.63) is 36.0 Å². The molecule has 0 aromatic carbocycles. The molecule has 122 valence electrons. The van der Waals surface area contributed by atoms with Gasteiger partial charge in [0.2, 0.25) is 10.1 Å². The van der Waals surface area contributed by atoms with Crippen LogP contribution in [0.4, 0.5) is 5.13 Å². The van der Waals surface area contributed by atoms with Crippen molar-refractivity contribution >= 4 is 21.4 Å². The Balaban J connectivity index is 1.49. The largest absolute Gasteiger partial charge is 0.468 e. The Hall–Kier alpha value is -1.86. The molecule has 0 bridgehead atoms. The Morgan fingerprint density at radius 2 is 2.22 bits per heavy atom. The number of fused-ring (bicyclic) bond motifs is 1. The molecule has 0 saturated carbocycles. The summed E-state index contributed by atoms with van der Waals surface area (Å²) >= 11 is 1.58. The third-order valence-electron chi connectivity index (χ3n) is 4.31. The van der Waals surface area contributed by atoms with E-state index in [9.17, 15) is 0 Å². The molecule has 1 aliphatic heterocycles. The van der Waals surface area contributed by atoms with Gasteiger partial charge in [-0.1, -0.05) is 17.8 Å². The van der Waals surface area contributed by atoms with E-state index < -0.39 is 0 Å². The van der Waals surface area contributed by atoms with Crippen molar-refractivity contribution in [2.24, 2.45) is 0 Å². The number of hydrogen-bond acceptors (Lipinski definition) is 6. The minimum atomic E-state index is 0.253. The lowest BCUT2D eigenvalue weighted by atomic mass is 10.1. The lowest BCUT2D eigenvalue weighted by Gasteiger charge is -2.33. The fourth-order valence-corrected chi connectivity index (χ4v) is 4.02. The summed E-state index contributed by atoms with van der Waals surface area (Å²) in [5.74, 6) is 1.02. The minimum Gasteiger partial charge on any atom is -0.468 e. The predicted octanol–water partition coefficient (Wildman–Crippen LogP) is 3.33. The molecule has 4 rings (SSSR count). The van der Waals surface area contributed by atoms with E-state index in [4.69, 9.17) is 4.42 Å². The molecule has 1 fully saturated rings. The molecule has 1 saturated heterocycles. The molecular weight excluding hydrogens is 310 g/mol. The van der Waals surface area contributed by atoms with Crippen LogP contribution in [-0.4, -0.2) is 39.1 Å². The third kappa shape index (κ3) is 3.11. The highest BCUT2D eigenvalue weighted by Gasteiger charge is 2.24. The van der Waals surface area contributed by atoms with Gasteiger partial charge >= 0.3 is 0 Å². The van der Waals surface area contributed by atoms with Crippen LogP contribution in [-0.2, 0) is 0 Å². The second-order valence-electron chi connectivity index (χ2n) is 6.03. The number of piperidine rings is 1. The van der Waals surface area contributed by atoms with Crippen LogP contribution in [0.25, 0.3) is 4.96 Å². The first-order valence-electron chi connectivity index (χ1n) is 8.14. The number of anilines is 1. The summed E-state index contributed by atoms with van der Waals surface area (Å²) in [7, 11) is 0. The number of aromatic nitrogens is 3.